The van der Waals surface area contributed by atoms with Gasteiger partial charge in [0.05, 0.1) is 5.69 Å². The molecule has 3 N–H and O–H groups in total. The van der Waals surface area contributed by atoms with E-state index in [0.29, 0.717) is 15.8 Å². The number of nitrogens with one attached hydrogen (secondary N) is 2. The predicted octanol–water partition coefficient (Wildman–Crippen LogP) is 4.27. The summed E-state index contributed by atoms with van der Waals surface area (Å²) >= 11 is 3.39. The third kappa shape index (κ3) is 3.58. The van der Waals surface area contributed by atoms with Crippen LogP contribution in [0.5, 0.6) is 0 Å². The van der Waals surface area contributed by atoms with Gasteiger partial charge in [0.2, 0.25) is 0 Å². The predicted molar refractivity (Wildman–Crippen MR) is 119 cm³/mol. The van der Waals surface area contributed by atoms with Gasteiger partial charge in [-0.3, -0.25) is 9.69 Å². The molecule has 3 aromatic rings. The van der Waals surface area contributed by atoms with Crippen LogP contribution in [-0.2, 0) is 17.1 Å². The molecule has 6 nitrogen and oxygen atoms in total. The highest BCUT2D eigenvalue weighted by Crippen LogP contribution is 2.40. The molecule has 0 radical (unpaired) electrons. The minimum absolute atomic E-state index is 0.217. The summed E-state index contributed by atoms with van der Waals surface area (Å²) in [6, 6.07) is 20.8. The number of hydrogen-bond acceptors (Lipinski definition) is 3. The molecule has 1 atom stereocenters. The maximum absolute atomic E-state index is 13.4. The number of carbonyl (C=O) groups excluding carboxylic acids is 2. The van der Waals surface area contributed by atoms with Crippen LogP contribution < -0.4 is 15.5 Å². The van der Waals surface area contributed by atoms with Gasteiger partial charge in [0.15, 0.2) is 0 Å². The molecule has 1 heterocycles. The summed E-state index contributed by atoms with van der Waals surface area (Å²) in [4.78, 5) is 27.4. The second kappa shape index (κ2) is 7.93. The van der Waals surface area contributed by atoms with Gasteiger partial charge in [0.25, 0.3) is 11.6 Å². The molecule has 0 unspecified atom stereocenters. The molecule has 30 heavy (non-hydrogen) atoms. The molecule has 4 rings (SSSR count). The number of aliphatic hydroxyl groups is 1. The number of carbonyl (C=O) groups is 2. The first-order valence-electron chi connectivity index (χ1n) is 9.42. The van der Waals surface area contributed by atoms with E-state index in [2.05, 4.69) is 26.6 Å². The molecule has 0 saturated heterocycles. The number of benzene rings is 3. The van der Waals surface area contributed by atoms with Gasteiger partial charge < -0.3 is 15.7 Å². The van der Waals surface area contributed by atoms with E-state index in [1.54, 1.807) is 48.5 Å². The molecule has 0 saturated carbocycles. The average Bonchev–Trinajstić information content (AvgIpc) is 2.74. The second-order valence-corrected chi connectivity index (χ2v) is 8.05. The average molecular weight is 466 g/mol. The molecule has 3 amide bonds. The highest BCUT2D eigenvalue weighted by atomic mass is 79.9. The molecule has 0 aliphatic carbocycles. The largest absolute Gasteiger partial charge is 0.359 e. The number of nitrogens with zero attached hydrogens (tertiary/aromatic N) is 1. The molecule has 0 aromatic heterocycles. The van der Waals surface area contributed by atoms with Crippen molar-refractivity contribution in [3.8, 4) is 0 Å². The minimum atomic E-state index is -2.23. The van der Waals surface area contributed by atoms with Crippen LogP contribution in [0, 0.1) is 6.92 Å². The Kier molecular flexibility index (Phi) is 5.32. The number of aryl methyl sites for hydroxylation is 1. The third-order valence-electron chi connectivity index (χ3n) is 5.03. The first-order valence-corrected chi connectivity index (χ1v) is 10.2. The van der Waals surface area contributed by atoms with Crippen LogP contribution in [-0.4, -0.2) is 17.0 Å². The van der Waals surface area contributed by atoms with Gasteiger partial charge in [-0.25, -0.2) is 4.79 Å². The molecule has 0 bridgehead atoms. The maximum atomic E-state index is 13.4. The summed E-state index contributed by atoms with van der Waals surface area (Å²) in [6.45, 7) is 2.20. The van der Waals surface area contributed by atoms with Gasteiger partial charge in [-0.2, -0.15) is 0 Å². The Bertz CT molecular complexity index is 1100. The molecular weight excluding hydrogens is 446 g/mol. The summed E-state index contributed by atoms with van der Waals surface area (Å²) in [6.07, 6.45) is 0. The Morgan fingerprint density at radius 1 is 1.10 bits per heavy atom. The zero-order valence-corrected chi connectivity index (χ0v) is 17.8. The monoisotopic (exact) mass is 465 g/mol. The van der Waals surface area contributed by atoms with Crippen LogP contribution in [0.3, 0.4) is 0 Å². The Balaban J connectivity index is 1.76. The van der Waals surface area contributed by atoms with Crippen LogP contribution in [0.15, 0.2) is 77.3 Å². The number of fused-ring (bicyclic) bond motifs is 1. The van der Waals surface area contributed by atoms with E-state index in [1.807, 2.05) is 31.2 Å². The van der Waals surface area contributed by atoms with Gasteiger partial charge in [-0.1, -0.05) is 64.0 Å². The van der Waals surface area contributed by atoms with Crippen LogP contribution in [0.4, 0.5) is 16.2 Å². The summed E-state index contributed by atoms with van der Waals surface area (Å²) in [7, 11) is 0. The van der Waals surface area contributed by atoms with Gasteiger partial charge in [-0.15, -0.1) is 0 Å². The van der Waals surface area contributed by atoms with Gasteiger partial charge in [0, 0.05) is 22.3 Å². The van der Waals surface area contributed by atoms with Crippen LogP contribution in [0.2, 0.25) is 0 Å². The van der Waals surface area contributed by atoms with Crippen molar-refractivity contribution in [2.75, 3.05) is 10.2 Å². The highest BCUT2D eigenvalue weighted by molar-refractivity contribution is 9.10. The highest BCUT2D eigenvalue weighted by Gasteiger charge is 2.52. The number of hydrogen-bond donors (Lipinski definition) is 3. The third-order valence-corrected chi connectivity index (χ3v) is 5.52. The maximum Gasteiger partial charge on any atom is 0.329 e. The Hall–Kier alpha value is -3.16. The quantitative estimate of drug-likeness (QED) is 0.537. The summed E-state index contributed by atoms with van der Waals surface area (Å²) in [5.74, 6) is -0.693. The SMILES string of the molecule is Cc1ccc(CNC(=O)[C@]2(O)c3cc(Br)ccc3NC(=O)N2c2ccccc2)cc1. The number of rotatable bonds is 4. The summed E-state index contributed by atoms with van der Waals surface area (Å²) in [5.41, 5.74) is 0.826. The summed E-state index contributed by atoms with van der Waals surface area (Å²) < 4.78 is 0.676. The second-order valence-electron chi connectivity index (χ2n) is 7.13. The first kappa shape index (κ1) is 20.1. The Labute approximate surface area is 182 Å². The molecule has 3 aromatic carbocycles. The molecule has 7 heteroatoms. The van der Waals surface area contributed by atoms with Crippen LogP contribution in [0.25, 0.3) is 0 Å². The Morgan fingerprint density at radius 3 is 2.50 bits per heavy atom. The topological polar surface area (TPSA) is 81.7 Å². The molecule has 152 valence electrons. The van der Waals surface area contributed by atoms with Crippen molar-refractivity contribution in [1.82, 2.24) is 5.32 Å². The zero-order chi connectivity index (χ0) is 21.3. The first-order chi connectivity index (χ1) is 14.4. The number of anilines is 2. The fourth-order valence-electron chi connectivity index (χ4n) is 3.47. The molecule has 1 aliphatic rings. The Morgan fingerprint density at radius 2 is 1.80 bits per heavy atom. The lowest BCUT2D eigenvalue weighted by Gasteiger charge is -2.42. The molecule has 0 fully saturated rings. The molecule has 0 spiro atoms. The zero-order valence-electron chi connectivity index (χ0n) is 16.2. The number of para-hydroxylation sites is 1. The van der Waals surface area contributed by atoms with Crippen LogP contribution in [0.1, 0.15) is 16.7 Å². The van der Waals surface area contributed by atoms with Gasteiger partial charge in [0.1, 0.15) is 0 Å². The van der Waals surface area contributed by atoms with E-state index in [0.717, 1.165) is 16.0 Å². The lowest BCUT2D eigenvalue weighted by atomic mass is 9.94. The van der Waals surface area contributed by atoms with E-state index in [9.17, 15) is 14.7 Å². The smallest absolute Gasteiger partial charge is 0.329 e. The lowest BCUT2D eigenvalue weighted by molar-refractivity contribution is -0.140. The van der Waals surface area contributed by atoms with Gasteiger partial charge in [-0.05, 0) is 42.8 Å². The standard InChI is InChI=1S/C23H20BrN3O3/c1-15-7-9-16(10-8-15)14-25-21(28)23(30)19-13-17(24)11-12-20(19)26-22(29)27(23)18-5-3-2-4-6-18/h2-13,30H,14H2,1H3,(H,25,28)(H,26,29)/t23-/m1/s1. The van der Waals surface area contributed by atoms with Crippen molar-refractivity contribution in [3.63, 3.8) is 0 Å². The molecular formula is C23H20BrN3O3. The number of halogens is 1. The van der Waals surface area contributed by atoms with E-state index in [-0.39, 0.29) is 12.1 Å². The lowest BCUT2D eigenvalue weighted by Crippen LogP contribution is -2.62. The van der Waals surface area contributed by atoms with Crippen molar-refractivity contribution in [2.45, 2.75) is 19.2 Å². The normalized spacial score (nSPS) is 17.8. The van der Waals surface area contributed by atoms with E-state index >= 15 is 0 Å². The van der Waals surface area contributed by atoms with Crippen molar-refractivity contribution in [3.05, 3.63) is 94.0 Å². The number of urea groups is 1. The fourth-order valence-corrected chi connectivity index (χ4v) is 3.83. The van der Waals surface area contributed by atoms with E-state index < -0.39 is 17.7 Å². The van der Waals surface area contributed by atoms with Crippen LogP contribution >= 0.6 is 15.9 Å². The van der Waals surface area contributed by atoms with E-state index in [1.165, 1.54) is 0 Å². The summed E-state index contributed by atoms with van der Waals surface area (Å²) in [5, 5.41) is 17.3. The van der Waals surface area contributed by atoms with E-state index in [4.69, 9.17) is 0 Å². The van der Waals surface area contributed by atoms with Gasteiger partial charge >= 0.3 is 6.03 Å². The molecule has 1 aliphatic heterocycles. The minimum Gasteiger partial charge on any atom is -0.359 e. The van der Waals surface area contributed by atoms with Crippen molar-refractivity contribution in [2.24, 2.45) is 0 Å². The van der Waals surface area contributed by atoms with Crippen molar-refractivity contribution < 1.29 is 14.7 Å². The van der Waals surface area contributed by atoms with Crippen molar-refractivity contribution in [1.29, 1.82) is 0 Å². The fraction of sp³-hybridized carbons (Fsp3) is 0.130. The number of amides is 3. The van der Waals surface area contributed by atoms with Crippen molar-refractivity contribution >= 4 is 39.2 Å².